The van der Waals surface area contributed by atoms with Gasteiger partial charge in [0.05, 0.1) is 24.0 Å². The molecule has 0 spiro atoms. The summed E-state index contributed by atoms with van der Waals surface area (Å²) in [7, 11) is 0. The molecule has 5 rings (SSSR count). The Morgan fingerprint density at radius 1 is 1.14 bits per heavy atom. The molecule has 178 valence electrons. The van der Waals surface area contributed by atoms with E-state index < -0.39 is 5.97 Å². The first kappa shape index (κ1) is 22.8. The molecule has 7 heteroatoms. The molecule has 1 atom stereocenters. The molecule has 1 saturated heterocycles. The number of carboxylic acid groups (broad SMARTS) is 1. The lowest BCUT2D eigenvalue weighted by molar-refractivity contribution is 0.0693. The molecule has 4 aromatic rings. The standard InChI is InChI=1S/C28H27N3O4/c1-18-4-2-5-19(12-18)13-21-15-29-16-24(30-21)25-6-3-11-31(25)17-22-8-10-27(35-22)20-7-9-23(28(33)34)26(32)14-20/h2,4-5,7-10,12,14-16,25,32H,3,6,11,13,17H2,1H3,(H,33,34)/t25-/m0/s1. The van der Waals surface area contributed by atoms with Crippen molar-refractivity contribution in [1.29, 1.82) is 0 Å². The molecule has 7 nitrogen and oxygen atoms in total. The molecule has 0 unspecified atom stereocenters. The lowest BCUT2D eigenvalue weighted by Gasteiger charge is -2.23. The number of aromatic carboxylic acids is 1. The zero-order valence-electron chi connectivity index (χ0n) is 19.5. The molecule has 35 heavy (non-hydrogen) atoms. The van der Waals surface area contributed by atoms with Gasteiger partial charge in [-0.25, -0.2) is 4.79 Å². The SMILES string of the molecule is Cc1cccc(Cc2cncc([C@@H]3CCCN3Cc3ccc(-c4ccc(C(=O)O)c(O)c4)o3)n2)c1. The second-order valence-electron chi connectivity index (χ2n) is 9.03. The lowest BCUT2D eigenvalue weighted by atomic mass is 10.1. The number of likely N-dealkylation sites (tertiary alicyclic amines) is 1. The normalized spacial score (nSPS) is 16.0. The van der Waals surface area contributed by atoms with Crippen LogP contribution in [0.3, 0.4) is 0 Å². The Morgan fingerprint density at radius 2 is 2.03 bits per heavy atom. The number of carboxylic acids is 1. The van der Waals surface area contributed by atoms with Gasteiger partial charge >= 0.3 is 5.97 Å². The summed E-state index contributed by atoms with van der Waals surface area (Å²) in [6.07, 6.45) is 6.55. The molecule has 2 aromatic carbocycles. The number of phenols is 1. The maximum absolute atomic E-state index is 11.1. The summed E-state index contributed by atoms with van der Waals surface area (Å²) in [4.78, 5) is 22.9. The number of aryl methyl sites for hydroxylation is 1. The van der Waals surface area contributed by atoms with Gasteiger partial charge in [-0.05, 0) is 56.1 Å². The average Bonchev–Trinajstić information content (AvgIpc) is 3.49. The highest BCUT2D eigenvalue weighted by atomic mass is 16.4. The Hall–Kier alpha value is -3.97. The molecular formula is C28H27N3O4. The van der Waals surface area contributed by atoms with Gasteiger partial charge in [-0.2, -0.15) is 0 Å². The van der Waals surface area contributed by atoms with Gasteiger partial charge < -0.3 is 14.6 Å². The zero-order valence-corrected chi connectivity index (χ0v) is 19.5. The van der Waals surface area contributed by atoms with Crippen LogP contribution in [0.1, 0.15) is 57.5 Å². The van der Waals surface area contributed by atoms with Crippen LogP contribution in [-0.2, 0) is 13.0 Å². The summed E-state index contributed by atoms with van der Waals surface area (Å²) in [6, 6.07) is 16.8. The third-order valence-corrected chi connectivity index (χ3v) is 6.41. The molecule has 0 aliphatic carbocycles. The van der Waals surface area contributed by atoms with Crippen molar-refractivity contribution >= 4 is 5.97 Å². The van der Waals surface area contributed by atoms with Crippen molar-refractivity contribution in [2.24, 2.45) is 0 Å². The molecule has 1 fully saturated rings. The Bertz CT molecular complexity index is 1360. The predicted octanol–water partition coefficient (Wildman–Crippen LogP) is 5.38. The zero-order chi connectivity index (χ0) is 24.4. The van der Waals surface area contributed by atoms with Crippen LogP contribution in [0.4, 0.5) is 0 Å². The van der Waals surface area contributed by atoms with E-state index in [9.17, 15) is 9.90 Å². The summed E-state index contributed by atoms with van der Waals surface area (Å²) in [5, 5.41) is 19.1. The van der Waals surface area contributed by atoms with Crippen LogP contribution in [0, 0.1) is 6.92 Å². The van der Waals surface area contributed by atoms with Gasteiger partial charge in [0.2, 0.25) is 0 Å². The van der Waals surface area contributed by atoms with E-state index in [-0.39, 0.29) is 17.4 Å². The molecule has 0 bridgehead atoms. The fourth-order valence-corrected chi connectivity index (χ4v) is 4.73. The maximum Gasteiger partial charge on any atom is 0.339 e. The number of furan rings is 1. The average molecular weight is 470 g/mol. The second-order valence-corrected chi connectivity index (χ2v) is 9.03. The third-order valence-electron chi connectivity index (χ3n) is 6.41. The number of hydrogen-bond donors (Lipinski definition) is 2. The molecule has 3 heterocycles. The van der Waals surface area contributed by atoms with Gasteiger partial charge in [0, 0.05) is 24.4 Å². The first-order chi connectivity index (χ1) is 17.0. The van der Waals surface area contributed by atoms with Gasteiger partial charge in [0.25, 0.3) is 0 Å². The van der Waals surface area contributed by atoms with Crippen molar-refractivity contribution in [3.05, 3.63) is 101 Å². The fraction of sp³-hybridized carbons (Fsp3) is 0.250. The van der Waals surface area contributed by atoms with Crippen molar-refractivity contribution in [2.45, 2.75) is 38.8 Å². The molecule has 0 amide bonds. The van der Waals surface area contributed by atoms with E-state index in [1.54, 1.807) is 6.07 Å². The minimum Gasteiger partial charge on any atom is -0.507 e. The van der Waals surface area contributed by atoms with Gasteiger partial charge in [-0.1, -0.05) is 35.9 Å². The predicted molar refractivity (Wildman–Crippen MR) is 131 cm³/mol. The van der Waals surface area contributed by atoms with Gasteiger partial charge in [0.15, 0.2) is 0 Å². The number of carbonyl (C=O) groups is 1. The van der Waals surface area contributed by atoms with Crippen LogP contribution in [-0.4, -0.2) is 37.6 Å². The summed E-state index contributed by atoms with van der Waals surface area (Å²) < 4.78 is 6.05. The van der Waals surface area contributed by atoms with E-state index in [4.69, 9.17) is 14.5 Å². The lowest BCUT2D eigenvalue weighted by Crippen LogP contribution is -2.23. The molecule has 0 radical (unpaired) electrons. The van der Waals surface area contributed by atoms with E-state index in [1.165, 1.54) is 23.3 Å². The van der Waals surface area contributed by atoms with Crippen molar-refractivity contribution in [3.63, 3.8) is 0 Å². The molecule has 2 aromatic heterocycles. The number of nitrogens with zero attached hydrogens (tertiary/aromatic N) is 3. The van der Waals surface area contributed by atoms with Crippen molar-refractivity contribution in [3.8, 4) is 17.1 Å². The second kappa shape index (κ2) is 9.72. The van der Waals surface area contributed by atoms with Crippen LogP contribution in [0.25, 0.3) is 11.3 Å². The Labute approximate surface area is 203 Å². The highest BCUT2D eigenvalue weighted by molar-refractivity contribution is 5.91. The van der Waals surface area contributed by atoms with Crippen molar-refractivity contribution < 1.29 is 19.4 Å². The first-order valence-electron chi connectivity index (χ1n) is 11.7. The van der Waals surface area contributed by atoms with Crippen LogP contribution in [0.15, 0.2) is 71.4 Å². The molecule has 1 aliphatic heterocycles. The summed E-state index contributed by atoms with van der Waals surface area (Å²) in [6.45, 7) is 3.67. The molecule has 1 aliphatic rings. The number of aromatic hydroxyl groups is 1. The molecular weight excluding hydrogens is 442 g/mol. The Kier molecular flexibility index (Phi) is 6.33. The quantitative estimate of drug-likeness (QED) is 0.375. The summed E-state index contributed by atoms with van der Waals surface area (Å²) in [5.74, 6) is -0.0579. The number of benzene rings is 2. The minimum atomic E-state index is -1.17. The molecule has 0 saturated carbocycles. The van der Waals surface area contributed by atoms with E-state index in [2.05, 4.69) is 41.1 Å². The van der Waals surface area contributed by atoms with E-state index in [0.717, 1.165) is 43.0 Å². The maximum atomic E-state index is 11.1. The van der Waals surface area contributed by atoms with Crippen molar-refractivity contribution in [2.75, 3.05) is 6.54 Å². The van der Waals surface area contributed by atoms with Gasteiger partial charge in [0.1, 0.15) is 22.8 Å². The number of rotatable bonds is 7. The van der Waals surface area contributed by atoms with Crippen LogP contribution in [0.5, 0.6) is 5.75 Å². The molecule has 2 N–H and O–H groups in total. The van der Waals surface area contributed by atoms with Crippen LogP contribution < -0.4 is 0 Å². The largest absolute Gasteiger partial charge is 0.507 e. The number of hydrogen-bond acceptors (Lipinski definition) is 6. The Morgan fingerprint density at radius 3 is 2.83 bits per heavy atom. The smallest absolute Gasteiger partial charge is 0.339 e. The first-order valence-corrected chi connectivity index (χ1v) is 11.7. The topological polar surface area (TPSA) is 99.7 Å². The fourth-order valence-electron chi connectivity index (χ4n) is 4.73. The van der Waals surface area contributed by atoms with E-state index >= 15 is 0 Å². The summed E-state index contributed by atoms with van der Waals surface area (Å²) in [5.41, 5.74) is 4.90. The number of aromatic nitrogens is 2. The van der Waals surface area contributed by atoms with Crippen LogP contribution >= 0.6 is 0 Å². The minimum absolute atomic E-state index is 0.133. The third kappa shape index (κ3) is 5.10. The summed E-state index contributed by atoms with van der Waals surface area (Å²) >= 11 is 0. The highest BCUT2D eigenvalue weighted by Crippen LogP contribution is 2.34. The van der Waals surface area contributed by atoms with Crippen LogP contribution in [0.2, 0.25) is 0 Å². The highest BCUT2D eigenvalue weighted by Gasteiger charge is 2.28. The van der Waals surface area contributed by atoms with E-state index in [0.29, 0.717) is 17.9 Å². The Balaban J connectivity index is 1.30. The van der Waals surface area contributed by atoms with Gasteiger partial charge in [-0.3, -0.25) is 14.9 Å². The monoisotopic (exact) mass is 469 g/mol. The van der Waals surface area contributed by atoms with Crippen molar-refractivity contribution in [1.82, 2.24) is 14.9 Å². The van der Waals surface area contributed by atoms with E-state index in [1.807, 2.05) is 24.5 Å². The van der Waals surface area contributed by atoms with Gasteiger partial charge in [-0.15, -0.1) is 0 Å².